The van der Waals surface area contributed by atoms with E-state index in [1.165, 1.54) is 13.0 Å². The van der Waals surface area contributed by atoms with Crippen LogP contribution in [-0.2, 0) is 0 Å². The number of β-amino-alcohol motifs (C(OH)–C–C–N with tert-alkyl or cyclic N) is 1. The normalized spacial score (nSPS) is 28.0. The van der Waals surface area contributed by atoms with E-state index in [9.17, 15) is 5.11 Å². The van der Waals surface area contributed by atoms with Crippen molar-refractivity contribution in [2.24, 2.45) is 0 Å². The van der Waals surface area contributed by atoms with Crippen LogP contribution in [0.15, 0.2) is 0 Å². The van der Waals surface area contributed by atoms with E-state index >= 15 is 0 Å². The minimum atomic E-state index is -0.206. The highest BCUT2D eigenvalue weighted by Crippen LogP contribution is 2.13. The van der Waals surface area contributed by atoms with E-state index in [2.05, 4.69) is 30.6 Å². The van der Waals surface area contributed by atoms with Crippen molar-refractivity contribution in [2.75, 3.05) is 26.2 Å². The van der Waals surface area contributed by atoms with Crippen molar-refractivity contribution in [2.45, 2.75) is 52.3 Å². The van der Waals surface area contributed by atoms with Crippen LogP contribution in [0.2, 0.25) is 0 Å². The molecule has 15 heavy (non-hydrogen) atoms. The number of hydrogen-bond acceptors (Lipinski definition) is 3. The third kappa shape index (κ3) is 4.09. The fourth-order valence-corrected chi connectivity index (χ4v) is 2.57. The molecule has 0 aromatic carbocycles. The van der Waals surface area contributed by atoms with Gasteiger partial charge in [-0.05, 0) is 47.2 Å². The molecule has 90 valence electrons. The predicted molar refractivity (Wildman–Crippen MR) is 64.0 cm³/mol. The average molecular weight is 214 g/mol. The Balaban J connectivity index is 2.49. The molecule has 1 aliphatic rings. The molecule has 0 bridgehead atoms. The molecule has 1 rings (SSSR count). The van der Waals surface area contributed by atoms with Gasteiger partial charge in [-0.15, -0.1) is 0 Å². The second-order valence-electron chi connectivity index (χ2n) is 5.14. The molecule has 0 unspecified atom stereocenters. The fourth-order valence-electron chi connectivity index (χ4n) is 2.57. The van der Waals surface area contributed by atoms with Crippen LogP contribution in [0.3, 0.4) is 0 Å². The minimum Gasteiger partial charge on any atom is -0.392 e. The summed E-state index contributed by atoms with van der Waals surface area (Å²) in [5.41, 5.74) is 0. The summed E-state index contributed by atoms with van der Waals surface area (Å²) in [6.45, 7) is 12.9. The van der Waals surface area contributed by atoms with E-state index in [1.807, 2.05) is 6.92 Å². The van der Waals surface area contributed by atoms with Crippen LogP contribution >= 0.6 is 0 Å². The highest BCUT2D eigenvalue weighted by atomic mass is 16.3. The summed E-state index contributed by atoms with van der Waals surface area (Å²) < 4.78 is 0. The molecule has 0 aromatic heterocycles. The Labute approximate surface area is 94.1 Å². The van der Waals surface area contributed by atoms with E-state index in [4.69, 9.17) is 0 Å². The summed E-state index contributed by atoms with van der Waals surface area (Å²) in [6, 6.07) is 1.23. The van der Waals surface area contributed by atoms with Gasteiger partial charge in [0.1, 0.15) is 0 Å². The number of rotatable bonds is 3. The third-order valence-electron chi connectivity index (χ3n) is 3.16. The molecule has 0 spiro atoms. The molecule has 1 heterocycles. The van der Waals surface area contributed by atoms with Gasteiger partial charge < -0.3 is 5.11 Å². The molecule has 1 fully saturated rings. The summed E-state index contributed by atoms with van der Waals surface area (Å²) in [6.07, 6.45) is 1.01. The van der Waals surface area contributed by atoms with Crippen LogP contribution in [0.25, 0.3) is 0 Å². The molecule has 3 nitrogen and oxygen atoms in total. The molecule has 0 amide bonds. The number of aliphatic hydroxyl groups is 1. The van der Waals surface area contributed by atoms with Gasteiger partial charge in [-0.2, -0.15) is 0 Å². The maximum Gasteiger partial charge on any atom is 0.0639 e. The van der Waals surface area contributed by atoms with Gasteiger partial charge in [0.05, 0.1) is 6.10 Å². The molecule has 0 aliphatic carbocycles. The van der Waals surface area contributed by atoms with Gasteiger partial charge in [-0.1, -0.05) is 0 Å². The van der Waals surface area contributed by atoms with Crippen molar-refractivity contribution in [3.63, 3.8) is 0 Å². The SMILES string of the molecule is CC(C)N1CCCN(C[C@@H](C)O)C[C@@H]1C. The first-order chi connectivity index (χ1) is 7.00. The molecule has 0 radical (unpaired) electrons. The summed E-state index contributed by atoms with van der Waals surface area (Å²) in [5.74, 6) is 0. The van der Waals surface area contributed by atoms with Crippen LogP contribution in [0.1, 0.15) is 34.1 Å². The Morgan fingerprint density at radius 1 is 1.27 bits per heavy atom. The highest BCUT2D eigenvalue weighted by Gasteiger charge is 2.23. The van der Waals surface area contributed by atoms with Crippen LogP contribution < -0.4 is 0 Å². The first-order valence-corrected chi connectivity index (χ1v) is 6.17. The van der Waals surface area contributed by atoms with Crippen molar-refractivity contribution >= 4 is 0 Å². The Bertz CT molecular complexity index is 182. The van der Waals surface area contributed by atoms with E-state index in [1.54, 1.807) is 0 Å². The predicted octanol–water partition coefficient (Wildman–Crippen LogP) is 1.17. The lowest BCUT2D eigenvalue weighted by Crippen LogP contribution is -2.43. The molecule has 1 N–H and O–H groups in total. The van der Waals surface area contributed by atoms with E-state index in [0.717, 1.165) is 19.6 Å². The van der Waals surface area contributed by atoms with Crippen LogP contribution in [-0.4, -0.2) is 59.3 Å². The first-order valence-electron chi connectivity index (χ1n) is 6.17. The second kappa shape index (κ2) is 5.83. The van der Waals surface area contributed by atoms with Gasteiger partial charge >= 0.3 is 0 Å². The standard InChI is InChI=1S/C12H26N2O/c1-10(2)14-7-5-6-13(8-11(14)3)9-12(4)15/h10-12,15H,5-9H2,1-4H3/t11-,12+/m0/s1. The molecule has 0 aromatic rings. The van der Waals surface area contributed by atoms with E-state index < -0.39 is 0 Å². The highest BCUT2D eigenvalue weighted by molar-refractivity contribution is 4.79. The van der Waals surface area contributed by atoms with Gasteiger partial charge in [-0.3, -0.25) is 9.80 Å². The van der Waals surface area contributed by atoms with Crippen LogP contribution in [0.4, 0.5) is 0 Å². The quantitative estimate of drug-likeness (QED) is 0.764. The second-order valence-corrected chi connectivity index (χ2v) is 5.14. The lowest BCUT2D eigenvalue weighted by molar-refractivity contribution is 0.111. The molecule has 0 saturated carbocycles. The number of hydrogen-bond donors (Lipinski definition) is 1. The Kier molecular flexibility index (Phi) is 5.03. The lowest BCUT2D eigenvalue weighted by Gasteiger charge is -2.32. The largest absolute Gasteiger partial charge is 0.392 e. The first kappa shape index (κ1) is 12.9. The molecular weight excluding hydrogens is 188 g/mol. The van der Waals surface area contributed by atoms with Crippen molar-refractivity contribution < 1.29 is 5.11 Å². The topological polar surface area (TPSA) is 26.7 Å². The van der Waals surface area contributed by atoms with Crippen molar-refractivity contribution in [1.82, 2.24) is 9.80 Å². The van der Waals surface area contributed by atoms with Gasteiger partial charge in [0.25, 0.3) is 0 Å². The summed E-state index contributed by atoms with van der Waals surface area (Å²) in [5, 5.41) is 9.40. The Morgan fingerprint density at radius 2 is 1.93 bits per heavy atom. The van der Waals surface area contributed by atoms with Gasteiger partial charge in [0.15, 0.2) is 0 Å². The van der Waals surface area contributed by atoms with Crippen molar-refractivity contribution in [3.8, 4) is 0 Å². The summed E-state index contributed by atoms with van der Waals surface area (Å²) >= 11 is 0. The maximum absolute atomic E-state index is 9.40. The molecule has 3 heteroatoms. The van der Waals surface area contributed by atoms with Crippen LogP contribution in [0.5, 0.6) is 0 Å². The zero-order valence-electron chi connectivity index (χ0n) is 10.6. The zero-order chi connectivity index (χ0) is 11.4. The number of nitrogens with zero attached hydrogens (tertiary/aromatic N) is 2. The monoisotopic (exact) mass is 214 g/mol. The molecule has 1 aliphatic heterocycles. The fraction of sp³-hybridized carbons (Fsp3) is 1.00. The summed E-state index contributed by atoms with van der Waals surface area (Å²) in [7, 11) is 0. The van der Waals surface area contributed by atoms with E-state index in [0.29, 0.717) is 12.1 Å². The van der Waals surface area contributed by atoms with Gasteiger partial charge in [0.2, 0.25) is 0 Å². The third-order valence-corrected chi connectivity index (χ3v) is 3.16. The van der Waals surface area contributed by atoms with Gasteiger partial charge in [-0.25, -0.2) is 0 Å². The molecule has 2 atom stereocenters. The summed E-state index contributed by atoms with van der Waals surface area (Å²) in [4.78, 5) is 4.94. The van der Waals surface area contributed by atoms with Gasteiger partial charge in [0, 0.05) is 25.2 Å². The van der Waals surface area contributed by atoms with Crippen molar-refractivity contribution in [3.05, 3.63) is 0 Å². The van der Waals surface area contributed by atoms with Crippen molar-refractivity contribution in [1.29, 1.82) is 0 Å². The smallest absolute Gasteiger partial charge is 0.0639 e. The lowest BCUT2D eigenvalue weighted by atomic mass is 10.2. The van der Waals surface area contributed by atoms with Crippen LogP contribution in [0, 0.1) is 0 Å². The molecular formula is C12H26N2O. The minimum absolute atomic E-state index is 0.206. The Morgan fingerprint density at radius 3 is 2.47 bits per heavy atom. The molecule has 1 saturated heterocycles. The Hall–Kier alpha value is -0.120. The number of aliphatic hydroxyl groups excluding tert-OH is 1. The maximum atomic E-state index is 9.40. The zero-order valence-corrected chi connectivity index (χ0v) is 10.6. The van der Waals surface area contributed by atoms with E-state index in [-0.39, 0.29) is 6.10 Å². The average Bonchev–Trinajstić information content (AvgIpc) is 2.25.